The maximum absolute atomic E-state index is 12.6. The summed E-state index contributed by atoms with van der Waals surface area (Å²) in [5.41, 5.74) is 2.08. The van der Waals surface area contributed by atoms with E-state index in [2.05, 4.69) is 4.99 Å². The Labute approximate surface area is 197 Å². The maximum atomic E-state index is 12.6. The van der Waals surface area contributed by atoms with Crippen molar-refractivity contribution in [2.45, 2.75) is 11.8 Å². The number of para-hydroxylation sites is 1. The third-order valence-electron chi connectivity index (χ3n) is 4.96. The van der Waals surface area contributed by atoms with Gasteiger partial charge in [-0.1, -0.05) is 35.9 Å². The normalized spacial score (nSPS) is 14.5. The summed E-state index contributed by atoms with van der Waals surface area (Å²) in [6, 6.07) is 17.9. The second kappa shape index (κ2) is 9.40. The number of carbonyl (C=O) groups is 1. The standard InChI is InChI=1S/C25H21NO7S/c1-16-8-11-18(12-9-16)34(28,29)33-22-13-10-17(15-23(22)31-3)14-20-25(27)32-24(26-20)19-6-4-5-7-21(19)30-2/h4-15H,1-3H3/b20-14-. The average Bonchev–Trinajstić information content (AvgIpc) is 3.19. The zero-order valence-corrected chi connectivity index (χ0v) is 19.5. The number of benzene rings is 3. The van der Waals surface area contributed by atoms with Crippen molar-refractivity contribution in [2.75, 3.05) is 14.2 Å². The number of esters is 1. The Morgan fingerprint density at radius 3 is 2.29 bits per heavy atom. The van der Waals surface area contributed by atoms with E-state index < -0.39 is 16.1 Å². The summed E-state index contributed by atoms with van der Waals surface area (Å²) >= 11 is 0. The van der Waals surface area contributed by atoms with E-state index in [0.29, 0.717) is 16.9 Å². The molecule has 8 nitrogen and oxygen atoms in total. The van der Waals surface area contributed by atoms with Gasteiger partial charge < -0.3 is 18.4 Å². The number of hydrogen-bond donors (Lipinski definition) is 0. The van der Waals surface area contributed by atoms with Crippen molar-refractivity contribution in [1.29, 1.82) is 0 Å². The number of methoxy groups -OCH3 is 2. The van der Waals surface area contributed by atoms with Gasteiger partial charge >= 0.3 is 16.1 Å². The molecule has 3 aromatic carbocycles. The number of carbonyl (C=O) groups excluding carboxylic acids is 1. The lowest BCUT2D eigenvalue weighted by Gasteiger charge is -2.11. The average molecular weight is 480 g/mol. The lowest BCUT2D eigenvalue weighted by molar-refractivity contribution is -0.129. The van der Waals surface area contributed by atoms with Gasteiger partial charge in [0.05, 0.1) is 19.8 Å². The summed E-state index contributed by atoms with van der Waals surface area (Å²) in [7, 11) is -1.15. The molecule has 0 atom stereocenters. The molecule has 0 bridgehead atoms. The molecule has 1 aliphatic rings. The Balaban J connectivity index is 1.62. The Hall–Kier alpha value is -4.11. The van der Waals surface area contributed by atoms with E-state index in [4.69, 9.17) is 18.4 Å². The molecule has 1 aliphatic heterocycles. The van der Waals surface area contributed by atoms with E-state index in [1.54, 1.807) is 42.5 Å². The fourth-order valence-corrected chi connectivity index (χ4v) is 4.16. The predicted molar refractivity (Wildman–Crippen MR) is 126 cm³/mol. The van der Waals surface area contributed by atoms with Crippen molar-refractivity contribution in [1.82, 2.24) is 0 Å². The second-order valence-electron chi connectivity index (χ2n) is 7.30. The van der Waals surface area contributed by atoms with Crippen molar-refractivity contribution < 1.29 is 31.6 Å². The zero-order valence-electron chi connectivity index (χ0n) is 18.6. The zero-order chi connectivity index (χ0) is 24.3. The highest BCUT2D eigenvalue weighted by Crippen LogP contribution is 2.32. The van der Waals surface area contributed by atoms with Gasteiger partial charge in [0.25, 0.3) is 0 Å². The first kappa shape index (κ1) is 23.1. The molecule has 174 valence electrons. The highest BCUT2D eigenvalue weighted by atomic mass is 32.2. The van der Waals surface area contributed by atoms with Gasteiger partial charge in [-0.25, -0.2) is 9.79 Å². The summed E-state index contributed by atoms with van der Waals surface area (Å²) in [6.07, 6.45) is 1.51. The number of aryl methyl sites for hydroxylation is 1. The second-order valence-corrected chi connectivity index (χ2v) is 8.84. The molecule has 0 saturated carbocycles. The van der Waals surface area contributed by atoms with Crippen LogP contribution in [-0.2, 0) is 19.6 Å². The molecule has 0 radical (unpaired) electrons. The molecule has 0 saturated heterocycles. The van der Waals surface area contributed by atoms with Crippen LogP contribution < -0.4 is 13.7 Å². The van der Waals surface area contributed by atoms with Crippen LogP contribution in [-0.4, -0.2) is 34.5 Å². The molecule has 1 heterocycles. The third-order valence-corrected chi connectivity index (χ3v) is 6.21. The summed E-state index contributed by atoms with van der Waals surface area (Å²) in [5.74, 6) is 0.211. The number of nitrogens with zero attached hydrogens (tertiary/aromatic N) is 1. The molecule has 3 aromatic rings. The first-order valence-corrected chi connectivity index (χ1v) is 11.6. The molecular formula is C25H21NO7S. The summed E-state index contributed by atoms with van der Waals surface area (Å²) < 4.78 is 46.5. The van der Waals surface area contributed by atoms with Gasteiger partial charge in [0.1, 0.15) is 10.6 Å². The topological polar surface area (TPSA) is 100 Å². The van der Waals surface area contributed by atoms with E-state index in [0.717, 1.165) is 5.56 Å². The van der Waals surface area contributed by atoms with Gasteiger partial charge in [0.2, 0.25) is 5.90 Å². The molecule has 4 rings (SSSR count). The molecule has 0 amide bonds. The fourth-order valence-electron chi connectivity index (χ4n) is 3.22. The molecule has 0 aliphatic carbocycles. The summed E-state index contributed by atoms with van der Waals surface area (Å²) in [4.78, 5) is 16.7. The Kier molecular flexibility index (Phi) is 6.38. The summed E-state index contributed by atoms with van der Waals surface area (Å²) in [6.45, 7) is 1.86. The van der Waals surface area contributed by atoms with Crippen LogP contribution in [0.15, 0.2) is 82.3 Å². The van der Waals surface area contributed by atoms with E-state index in [1.165, 1.54) is 44.6 Å². The van der Waals surface area contributed by atoms with Gasteiger partial charge in [-0.2, -0.15) is 8.42 Å². The van der Waals surface area contributed by atoms with Crippen LogP contribution in [0.1, 0.15) is 16.7 Å². The third kappa shape index (κ3) is 4.79. The molecule has 0 spiro atoms. The van der Waals surface area contributed by atoms with E-state index in [9.17, 15) is 13.2 Å². The molecule has 0 fully saturated rings. The van der Waals surface area contributed by atoms with Crippen LogP contribution in [0.5, 0.6) is 17.2 Å². The quantitative estimate of drug-likeness (QED) is 0.285. The minimum atomic E-state index is -4.05. The van der Waals surface area contributed by atoms with Crippen LogP contribution in [0, 0.1) is 6.92 Å². The van der Waals surface area contributed by atoms with Crippen molar-refractivity contribution in [3.05, 3.63) is 89.1 Å². The van der Waals surface area contributed by atoms with Gasteiger partial charge in [-0.3, -0.25) is 0 Å². The lowest BCUT2D eigenvalue weighted by Crippen LogP contribution is -2.10. The van der Waals surface area contributed by atoms with Crippen LogP contribution in [0.2, 0.25) is 0 Å². The minimum absolute atomic E-state index is 0.0115. The van der Waals surface area contributed by atoms with Gasteiger partial charge in [0.15, 0.2) is 17.2 Å². The maximum Gasteiger partial charge on any atom is 0.363 e. The van der Waals surface area contributed by atoms with Crippen molar-refractivity contribution in [3.8, 4) is 17.2 Å². The van der Waals surface area contributed by atoms with Crippen molar-refractivity contribution in [2.24, 2.45) is 4.99 Å². The van der Waals surface area contributed by atoms with Crippen LogP contribution in [0.4, 0.5) is 0 Å². The predicted octanol–water partition coefficient (Wildman–Crippen LogP) is 4.12. The fraction of sp³-hybridized carbons (Fsp3) is 0.120. The van der Waals surface area contributed by atoms with Crippen LogP contribution in [0.25, 0.3) is 6.08 Å². The minimum Gasteiger partial charge on any atom is -0.496 e. The van der Waals surface area contributed by atoms with Gasteiger partial charge in [0, 0.05) is 0 Å². The number of aliphatic imine (C=N–C) groups is 1. The first-order chi connectivity index (χ1) is 16.3. The molecule has 0 aromatic heterocycles. The number of ether oxygens (including phenoxy) is 3. The SMILES string of the molecule is COc1cc(/C=C2\N=C(c3ccccc3OC)OC2=O)ccc1OS(=O)(=O)c1ccc(C)cc1. The van der Waals surface area contributed by atoms with Crippen molar-refractivity contribution in [3.63, 3.8) is 0 Å². The molecule has 0 unspecified atom stereocenters. The van der Waals surface area contributed by atoms with Gasteiger partial charge in [-0.15, -0.1) is 0 Å². The molecule has 9 heteroatoms. The van der Waals surface area contributed by atoms with E-state index >= 15 is 0 Å². The highest BCUT2D eigenvalue weighted by molar-refractivity contribution is 7.87. The number of rotatable bonds is 7. The highest BCUT2D eigenvalue weighted by Gasteiger charge is 2.26. The summed E-state index contributed by atoms with van der Waals surface area (Å²) in [5, 5.41) is 0. The van der Waals surface area contributed by atoms with Crippen molar-refractivity contribution >= 4 is 28.1 Å². The smallest absolute Gasteiger partial charge is 0.363 e. The van der Waals surface area contributed by atoms with E-state index in [1.807, 2.05) is 6.92 Å². The Morgan fingerprint density at radius 2 is 1.59 bits per heavy atom. The lowest BCUT2D eigenvalue weighted by atomic mass is 10.1. The largest absolute Gasteiger partial charge is 0.496 e. The van der Waals surface area contributed by atoms with Gasteiger partial charge in [-0.05, 0) is 55.0 Å². The van der Waals surface area contributed by atoms with Crippen LogP contribution >= 0.6 is 0 Å². The molecule has 0 N–H and O–H groups in total. The molecular weight excluding hydrogens is 458 g/mol. The Morgan fingerprint density at radius 1 is 0.882 bits per heavy atom. The first-order valence-electron chi connectivity index (χ1n) is 10.2. The van der Waals surface area contributed by atoms with Crippen LogP contribution in [0.3, 0.4) is 0 Å². The Bertz CT molecular complexity index is 1410. The monoisotopic (exact) mass is 479 g/mol. The van der Waals surface area contributed by atoms with E-state index in [-0.39, 0.29) is 28.0 Å². The molecule has 34 heavy (non-hydrogen) atoms. The number of cyclic esters (lactones) is 1. The number of hydrogen-bond acceptors (Lipinski definition) is 8.